The maximum Gasteiger partial charge on any atom is 0.317 e. The summed E-state index contributed by atoms with van der Waals surface area (Å²) in [5, 5.41) is 2.93. The molecule has 1 heterocycles. The zero-order valence-corrected chi connectivity index (χ0v) is 9.78. The third-order valence-electron chi connectivity index (χ3n) is 2.86. The van der Waals surface area contributed by atoms with Crippen molar-refractivity contribution in [1.82, 2.24) is 10.2 Å². The fraction of sp³-hybridized carbons (Fsp3) is 0.417. The minimum Gasteiger partial charge on any atom is -0.496 e. The first-order valence-electron chi connectivity index (χ1n) is 5.28. The lowest BCUT2D eigenvalue weighted by Crippen LogP contribution is -2.24. The third kappa shape index (κ3) is 1.83. The number of ether oxygens (including phenoxy) is 1. The number of aryl methyl sites for hydroxylation is 1. The van der Waals surface area contributed by atoms with Crippen LogP contribution in [0.1, 0.15) is 17.2 Å². The monoisotopic (exact) mass is 220 g/mol. The molecule has 1 atom stereocenters. The van der Waals surface area contributed by atoms with Crippen molar-refractivity contribution in [3.8, 4) is 5.75 Å². The zero-order valence-electron chi connectivity index (χ0n) is 9.78. The highest BCUT2D eigenvalue weighted by Crippen LogP contribution is 2.29. The number of carbonyl (C=O) groups is 1. The van der Waals surface area contributed by atoms with Crippen LogP contribution in [0.25, 0.3) is 0 Å². The molecule has 1 aliphatic heterocycles. The normalized spacial score (nSPS) is 19.8. The second-order valence-corrected chi connectivity index (χ2v) is 4.13. The summed E-state index contributed by atoms with van der Waals surface area (Å²) in [6.07, 6.45) is 0. The molecule has 1 unspecified atom stereocenters. The number of amides is 2. The number of likely N-dealkylation sites (N-methyl/N-ethyl adjacent to an activating group) is 1. The van der Waals surface area contributed by atoms with E-state index in [1.165, 1.54) is 5.56 Å². The van der Waals surface area contributed by atoms with Crippen LogP contribution in [0.4, 0.5) is 4.79 Å². The minimum atomic E-state index is -0.0337. The van der Waals surface area contributed by atoms with E-state index in [1.54, 1.807) is 19.1 Å². The van der Waals surface area contributed by atoms with Crippen LogP contribution in [-0.4, -0.2) is 31.6 Å². The van der Waals surface area contributed by atoms with Gasteiger partial charge in [0.25, 0.3) is 0 Å². The van der Waals surface area contributed by atoms with Crippen LogP contribution < -0.4 is 10.1 Å². The Morgan fingerprint density at radius 1 is 1.50 bits per heavy atom. The lowest BCUT2D eigenvalue weighted by molar-refractivity contribution is 0.226. The van der Waals surface area contributed by atoms with Crippen molar-refractivity contribution < 1.29 is 9.53 Å². The fourth-order valence-electron chi connectivity index (χ4n) is 1.96. The summed E-state index contributed by atoms with van der Waals surface area (Å²) < 4.78 is 5.31. The van der Waals surface area contributed by atoms with Crippen molar-refractivity contribution in [2.45, 2.75) is 13.0 Å². The number of urea groups is 1. The molecule has 1 aliphatic rings. The lowest BCUT2D eigenvalue weighted by atomic mass is 10.0. The standard InChI is InChI=1S/C12H16N2O2/c1-8-4-5-11(16-3)9(6-8)10-7-14(2)12(15)13-10/h4-6,10H,7H2,1-3H3,(H,13,15). The molecular formula is C12H16N2O2. The van der Waals surface area contributed by atoms with Crippen LogP contribution in [0.5, 0.6) is 5.75 Å². The van der Waals surface area contributed by atoms with E-state index in [9.17, 15) is 4.79 Å². The van der Waals surface area contributed by atoms with Gasteiger partial charge in [-0.3, -0.25) is 0 Å². The van der Waals surface area contributed by atoms with Crippen molar-refractivity contribution >= 4 is 6.03 Å². The Bertz CT molecular complexity index is 417. The third-order valence-corrected chi connectivity index (χ3v) is 2.86. The van der Waals surface area contributed by atoms with Gasteiger partial charge in [0, 0.05) is 19.2 Å². The van der Waals surface area contributed by atoms with Gasteiger partial charge in [0.15, 0.2) is 0 Å². The summed E-state index contributed by atoms with van der Waals surface area (Å²) in [5.41, 5.74) is 2.21. The van der Waals surface area contributed by atoms with Crippen molar-refractivity contribution in [3.05, 3.63) is 29.3 Å². The Hall–Kier alpha value is -1.71. The number of hydrogen-bond acceptors (Lipinski definition) is 2. The summed E-state index contributed by atoms with van der Waals surface area (Å²) >= 11 is 0. The largest absolute Gasteiger partial charge is 0.496 e. The van der Waals surface area contributed by atoms with Crippen LogP contribution in [0, 0.1) is 6.92 Å². The number of rotatable bonds is 2. The van der Waals surface area contributed by atoms with Crippen LogP contribution in [0.3, 0.4) is 0 Å². The van der Waals surface area contributed by atoms with Crippen LogP contribution >= 0.6 is 0 Å². The maximum atomic E-state index is 11.4. The molecule has 0 aromatic heterocycles. The molecule has 0 saturated carbocycles. The highest BCUT2D eigenvalue weighted by molar-refractivity contribution is 5.77. The first-order valence-corrected chi connectivity index (χ1v) is 5.28. The van der Waals surface area contributed by atoms with E-state index in [4.69, 9.17) is 4.74 Å². The van der Waals surface area contributed by atoms with Crippen LogP contribution in [0.15, 0.2) is 18.2 Å². The zero-order chi connectivity index (χ0) is 11.7. The van der Waals surface area contributed by atoms with E-state index >= 15 is 0 Å². The van der Waals surface area contributed by atoms with E-state index in [-0.39, 0.29) is 12.1 Å². The van der Waals surface area contributed by atoms with Gasteiger partial charge < -0.3 is 15.0 Å². The van der Waals surface area contributed by atoms with Crippen molar-refractivity contribution in [3.63, 3.8) is 0 Å². The Balaban J connectivity index is 2.33. The summed E-state index contributed by atoms with van der Waals surface area (Å²) in [5.74, 6) is 0.825. The first kappa shape index (κ1) is 10.8. The Labute approximate surface area is 95.2 Å². The molecule has 0 radical (unpaired) electrons. The van der Waals surface area contributed by atoms with Crippen LogP contribution in [-0.2, 0) is 0 Å². The predicted octanol–water partition coefficient (Wildman–Crippen LogP) is 1.70. The predicted molar refractivity (Wildman–Crippen MR) is 61.6 cm³/mol. The molecule has 0 bridgehead atoms. The quantitative estimate of drug-likeness (QED) is 0.824. The van der Waals surface area contributed by atoms with E-state index in [1.807, 2.05) is 19.1 Å². The molecule has 2 amide bonds. The molecule has 1 saturated heterocycles. The van der Waals surface area contributed by atoms with Gasteiger partial charge in [0.2, 0.25) is 0 Å². The second kappa shape index (κ2) is 4.04. The van der Waals surface area contributed by atoms with Gasteiger partial charge in [0.05, 0.1) is 13.2 Å². The van der Waals surface area contributed by atoms with E-state index in [2.05, 4.69) is 11.4 Å². The highest BCUT2D eigenvalue weighted by Gasteiger charge is 2.28. The van der Waals surface area contributed by atoms with Crippen molar-refractivity contribution in [2.24, 2.45) is 0 Å². The summed E-state index contributed by atoms with van der Waals surface area (Å²) in [7, 11) is 3.44. The number of nitrogens with one attached hydrogen (secondary N) is 1. The molecule has 86 valence electrons. The van der Waals surface area contributed by atoms with E-state index in [0.717, 1.165) is 11.3 Å². The topological polar surface area (TPSA) is 41.6 Å². The first-order chi connectivity index (χ1) is 7.61. The van der Waals surface area contributed by atoms with Gasteiger partial charge >= 0.3 is 6.03 Å². The summed E-state index contributed by atoms with van der Waals surface area (Å²) in [4.78, 5) is 13.1. The van der Waals surface area contributed by atoms with Gasteiger partial charge in [0.1, 0.15) is 5.75 Å². The summed E-state index contributed by atoms with van der Waals surface area (Å²) in [6.45, 7) is 2.71. The minimum absolute atomic E-state index is 0.0207. The number of benzene rings is 1. The van der Waals surface area contributed by atoms with Gasteiger partial charge in [-0.05, 0) is 13.0 Å². The molecule has 1 aromatic rings. The fourth-order valence-corrected chi connectivity index (χ4v) is 1.96. The number of hydrogen-bond donors (Lipinski definition) is 1. The molecular weight excluding hydrogens is 204 g/mol. The molecule has 1 fully saturated rings. The molecule has 1 N–H and O–H groups in total. The van der Waals surface area contributed by atoms with Crippen LogP contribution in [0.2, 0.25) is 0 Å². The molecule has 0 spiro atoms. The maximum absolute atomic E-state index is 11.4. The molecule has 4 heteroatoms. The average molecular weight is 220 g/mol. The average Bonchev–Trinajstić information content (AvgIpc) is 2.59. The molecule has 2 rings (SSSR count). The smallest absolute Gasteiger partial charge is 0.317 e. The van der Waals surface area contributed by atoms with E-state index < -0.39 is 0 Å². The Morgan fingerprint density at radius 3 is 2.81 bits per heavy atom. The number of nitrogens with zero attached hydrogens (tertiary/aromatic N) is 1. The van der Waals surface area contributed by atoms with Crippen molar-refractivity contribution in [2.75, 3.05) is 20.7 Å². The number of carbonyl (C=O) groups excluding carboxylic acids is 1. The van der Waals surface area contributed by atoms with Gasteiger partial charge in [-0.15, -0.1) is 0 Å². The van der Waals surface area contributed by atoms with Crippen molar-refractivity contribution in [1.29, 1.82) is 0 Å². The number of methoxy groups -OCH3 is 1. The summed E-state index contributed by atoms with van der Waals surface area (Å²) in [6, 6.07) is 5.99. The lowest BCUT2D eigenvalue weighted by Gasteiger charge is -2.14. The van der Waals surface area contributed by atoms with E-state index in [0.29, 0.717) is 6.54 Å². The van der Waals surface area contributed by atoms with Gasteiger partial charge in [-0.25, -0.2) is 4.79 Å². The second-order valence-electron chi connectivity index (χ2n) is 4.13. The van der Waals surface area contributed by atoms with Gasteiger partial charge in [-0.2, -0.15) is 0 Å². The Kier molecular flexibility index (Phi) is 2.73. The molecule has 1 aromatic carbocycles. The van der Waals surface area contributed by atoms with Gasteiger partial charge in [-0.1, -0.05) is 17.7 Å². The Morgan fingerprint density at radius 2 is 2.25 bits per heavy atom. The SMILES string of the molecule is COc1ccc(C)cc1C1CN(C)C(=O)N1. The molecule has 16 heavy (non-hydrogen) atoms. The highest BCUT2D eigenvalue weighted by atomic mass is 16.5. The molecule has 0 aliphatic carbocycles. The molecule has 4 nitrogen and oxygen atoms in total.